The second-order valence-corrected chi connectivity index (χ2v) is 10.4. The quantitative estimate of drug-likeness (QED) is 0.0766. The zero-order valence-corrected chi connectivity index (χ0v) is 25.6. The zero-order valence-electron chi connectivity index (χ0n) is 25.6. The van der Waals surface area contributed by atoms with E-state index in [1.807, 2.05) is 0 Å². The van der Waals surface area contributed by atoms with Crippen LogP contribution < -0.4 is 20.1 Å². The Kier molecular flexibility index (Phi) is 11.0. The molecule has 0 bridgehead atoms. The third-order valence-corrected chi connectivity index (χ3v) is 6.82. The summed E-state index contributed by atoms with van der Waals surface area (Å²) in [7, 11) is 0. The van der Waals surface area contributed by atoms with E-state index in [9.17, 15) is 63.6 Å². The molecule has 0 saturated carbocycles. The van der Waals surface area contributed by atoms with Crippen molar-refractivity contribution in [3.8, 4) is 11.5 Å². The highest BCUT2D eigenvalue weighted by Gasteiger charge is 2.21. The fourth-order valence-electron chi connectivity index (χ4n) is 4.62. The number of carboxylic acids is 4. The summed E-state index contributed by atoms with van der Waals surface area (Å²) in [5, 5.41) is 42.3. The van der Waals surface area contributed by atoms with Gasteiger partial charge in [-0.1, -0.05) is 0 Å². The number of nitrogens with one attached hydrogen (secondary N) is 2. The Morgan fingerprint density at radius 3 is 1.29 bits per heavy atom. The molecule has 0 radical (unpaired) electrons. The number of anilines is 2. The lowest BCUT2D eigenvalue weighted by atomic mass is 9.97. The smallest absolute Gasteiger partial charge is 0.335 e. The first-order valence-electron chi connectivity index (χ1n) is 14.1. The maximum atomic E-state index is 13.5. The number of carbonyl (C=O) groups excluding carboxylic acids is 5. The molecule has 0 atom stereocenters. The molecule has 0 heterocycles. The second kappa shape index (κ2) is 15.5. The van der Waals surface area contributed by atoms with Crippen molar-refractivity contribution < 1.29 is 73.1 Å². The molecular formula is C34H22N2O15. The van der Waals surface area contributed by atoms with E-state index < -0.39 is 59.0 Å². The van der Waals surface area contributed by atoms with Crippen LogP contribution in [0.25, 0.3) is 0 Å². The molecule has 0 saturated heterocycles. The van der Waals surface area contributed by atoms with Crippen molar-refractivity contribution in [1.29, 1.82) is 0 Å². The van der Waals surface area contributed by atoms with Crippen LogP contribution in [0.5, 0.6) is 11.5 Å². The highest BCUT2D eigenvalue weighted by Crippen LogP contribution is 2.24. The van der Waals surface area contributed by atoms with Crippen LogP contribution in [0.3, 0.4) is 0 Å². The van der Waals surface area contributed by atoms with Gasteiger partial charge in [0.1, 0.15) is 11.5 Å². The number of carbonyl (C=O) groups is 9. The normalized spacial score (nSPS) is 10.3. The molecule has 0 aliphatic heterocycles. The van der Waals surface area contributed by atoms with E-state index in [2.05, 4.69) is 10.6 Å². The maximum Gasteiger partial charge on any atom is 0.335 e. The maximum absolute atomic E-state index is 13.5. The number of benzene rings is 4. The molecule has 51 heavy (non-hydrogen) atoms. The van der Waals surface area contributed by atoms with Crippen LogP contribution >= 0.6 is 0 Å². The Morgan fingerprint density at radius 2 is 0.843 bits per heavy atom. The summed E-state index contributed by atoms with van der Waals surface area (Å²) < 4.78 is 9.43. The lowest BCUT2D eigenvalue weighted by Crippen LogP contribution is -2.18. The third-order valence-electron chi connectivity index (χ3n) is 6.82. The molecule has 0 aliphatic rings. The van der Waals surface area contributed by atoms with Gasteiger partial charge in [0, 0.05) is 40.6 Å². The molecule has 0 aliphatic carbocycles. The summed E-state index contributed by atoms with van der Waals surface area (Å²) in [5.41, 5.74) is -3.00. The van der Waals surface area contributed by atoms with Gasteiger partial charge in [-0.3, -0.25) is 24.0 Å². The van der Waals surface area contributed by atoms with Crippen molar-refractivity contribution in [2.24, 2.45) is 0 Å². The predicted molar refractivity (Wildman–Crippen MR) is 171 cm³/mol. The average molecular weight is 699 g/mol. The van der Waals surface area contributed by atoms with E-state index in [-0.39, 0.29) is 69.2 Å². The Hall–Kier alpha value is -7.69. The van der Waals surface area contributed by atoms with Gasteiger partial charge in [-0.2, -0.15) is 0 Å². The van der Waals surface area contributed by atoms with E-state index >= 15 is 0 Å². The summed E-state index contributed by atoms with van der Waals surface area (Å²) in [6, 6.07) is 12.5. The van der Waals surface area contributed by atoms with Crippen molar-refractivity contribution in [1.82, 2.24) is 0 Å². The Balaban J connectivity index is 1.78. The third kappa shape index (κ3) is 9.23. The molecule has 258 valence electrons. The van der Waals surface area contributed by atoms with E-state index in [0.717, 1.165) is 66.7 Å². The van der Waals surface area contributed by atoms with Gasteiger partial charge in [0.2, 0.25) is 0 Å². The fraction of sp³-hybridized carbons (Fsp3) is 0.0294. The first-order valence-corrected chi connectivity index (χ1v) is 14.1. The first-order chi connectivity index (χ1) is 24.2. The SMILES string of the molecule is O=COc1cc(CC(=O)c2cc(C(=O)Nc3cc(OC=O)cc(C(=O)O)c3)cc(C(=O)Nc3cc(C(=O)O)cc(C(=O)O)c3)c2)cc(C(=O)O)c1. The van der Waals surface area contributed by atoms with Gasteiger partial charge in [-0.05, 0) is 72.3 Å². The van der Waals surface area contributed by atoms with Crippen molar-refractivity contribution in [3.05, 3.63) is 117 Å². The van der Waals surface area contributed by atoms with Gasteiger partial charge in [-0.15, -0.1) is 0 Å². The minimum absolute atomic E-state index is 0.0261. The predicted octanol–water partition coefficient (Wildman–Crippen LogP) is 3.48. The van der Waals surface area contributed by atoms with Gasteiger partial charge in [-0.25, -0.2) is 19.2 Å². The van der Waals surface area contributed by atoms with Crippen LogP contribution in [0.1, 0.15) is 78.1 Å². The van der Waals surface area contributed by atoms with Gasteiger partial charge >= 0.3 is 23.9 Å². The summed E-state index contributed by atoms with van der Waals surface area (Å²) in [6.07, 6.45) is -0.530. The number of amides is 2. The van der Waals surface area contributed by atoms with Crippen LogP contribution in [0.4, 0.5) is 11.4 Å². The van der Waals surface area contributed by atoms with Crippen LogP contribution in [-0.2, 0) is 16.0 Å². The summed E-state index contributed by atoms with van der Waals surface area (Å²) in [6.45, 7) is 0.0730. The molecule has 2 amide bonds. The number of hydrogen-bond acceptors (Lipinski definition) is 11. The monoisotopic (exact) mass is 698 g/mol. The lowest BCUT2D eigenvalue weighted by molar-refractivity contribution is -0.121. The van der Waals surface area contributed by atoms with E-state index in [4.69, 9.17) is 9.47 Å². The first kappa shape index (κ1) is 36.2. The molecule has 6 N–H and O–H groups in total. The Morgan fingerprint density at radius 1 is 0.471 bits per heavy atom. The molecule has 4 rings (SSSR count). The topological polar surface area (TPSA) is 277 Å². The number of rotatable bonds is 15. The summed E-state index contributed by atoms with van der Waals surface area (Å²) >= 11 is 0. The number of ketones is 1. The standard InChI is InChI=1S/C34H22N2O15/c37-14-50-26-2-16(1-20(11-26)31(42)43)3-28(39)17-4-18(29(40)35-24-8-21(32(44)45)7-22(9-24)33(46)47)6-19(5-17)30(41)36-25-10-23(34(48)49)12-27(13-25)51-15-38/h1-2,4-15H,3H2,(H,35,40)(H,36,41)(H,42,43)(H,44,45)(H,46,47)(H,48,49). The van der Waals surface area contributed by atoms with Gasteiger partial charge in [0.15, 0.2) is 5.78 Å². The highest BCUT2D eigenvalue weighted by atomic mass is 16.5. The Bertz CT molecular complexity index is 2020. The number of Topliss-reactive ketones (excluding diaryl/α,β-unsaturated/α-hetero) is 1. The molecule has 0 aromatic heterocycles. The minimum Gasteiger partial charge on any atom is -0.478 e. The highest BCUT2D eigenvalue weighted by molar-refractivity contribution is 6.12. The number of aromatic carboxylic acids is 4. The molecular weight excluding hydrogens is 676 g/mol. The number of ether oxygens (including phenoxy) is 2. The van der Waals surface area contributed by atoms with Crippen LogP contribution in [0, 0.1) is 0 Å². The van der Waals surface area contributed by atoms with Crippen molar-refractivity contribution in [2.75, 3.05) is 10.6 Å². The van der Waals surface area contributed by atoms with Crippen molar-refractivity contribution in [3.63, 3.8) is 0 Å². The lowest BCUT2D eigenvalue weighted by Gasteiger charge is -2.13. The second-order valence-electron chi connectivity index (χ2n) is 10.4. The molecule has 0 fully saturated rings. The van der Waals surface area contributed by atoms with Crippen molar-refractivity contribution in [2.45, 2.75) is 6.42 Å². The number of carboxylic acid groups (broad SMARTS) is 4. The molecule has 0 unspecified atom stereocenters. The van der Waals surface area contributed by atoms with E-state index in [1.165, 1.54) is 6.07 Å². The van der Waals surface area contributed by atoms with Crippen molar-refractivity contribution >= 4 is 65.8 Å². The molecule has 4 aromatic rings. The summed E-state index contributed by atoms with van der Waals surface area (Å²) in [5.74, 6) is -9.04. The molecule has 4 aromatic carbocycles. The summed E-state index contributed by atoms with van der Waals surface area (Å²) in [4.78, 5) is 108. The van der Waals surface area contributed by atoms with Crippen LogP contribution in [0.15, 0.2) is 72.8 Å². The van der Waals surface area contributed by atoms with Crippen LogP contribution in [-0.4, -0.2) is 74.8 Å². The Labute approximate surface area is 284 Å². The van der Waals surface area contributed by atoms with Gasteiger partial charge in [0.25, 0.3) is 24.8 Å². The number of hydrogen-bond donors (Lipinski definition) is 6. The molecule has 17 nitrogen and oxygen atoms in total. The molecule has 0 spiro atoms. The fourth-order valence-corrected chi connectivity index (χ4v) is 4.62. The van der Waals surface area contributed by atoms with E-state index in [0.29, 0.717) is 0 Å². The van der Waals surface area contributed by atoms with Crippen LogP contribution in [0.2, 0.25) is 0 Å². The van der Waals surface area contributed by atoms with Gasteiger partial charge < -0.3 is 40.5 Å². The average Bonchev–Trinajstić information content (AvgIpc) is 3.07. The van der Waals surface area contributed by atoms with Gasteiger partial charge in [0.05, 0.1) is 22.3 Å². The molecule has 17 heteroatoms. The van der Waals surface area contributed by atoms with E-state index in [1.54, 1.807) is 0 Å². The zero-order chi connectivity index (χ0) is 37.4. The minimum atomic E-state index is -1.50. The largest absolute Gasteiger partial charge is 0.478 e.